The Hall–Kier alpha value is -1.59. The van der Waals surface area contributed by atoms with E-state index in [0.29, 0.717) is 32.4 Å². The molecule has 0 saturated carbocycles. The lowest BCUT2D eigenvalue weighted by atomic mass is 10.2. The van der Waals surface area contributed by atoms with Crippen molar-refractivity contribution in [3.8, 4) is 5.75 Å². The first kappa shape index (κ1) is 16.8. The van der Waals surface area contributed by atoms with E-state index in [-0.39, 0.29) is 5.91 Å². The minimum absolute atomic E-state index is 0.0380. The Kier molecular flexibility index (Phi) is 6.68. The van der Waals surface area contributed by atoms with Gasteiger partial charge in [0.1, 0.15) is 5.75 Å². The molecule has 0 bridgehead atoms. The van der Waals surface area contributed by atoms with Gasteiger partial charge in [-0.2, -0.15) is 0 Å². The maximum absolute atomic E-state index is 11.8. The minimum Gasteiger partial charge on any atom is -0.494 e. The van der Waals surface area contributed by atoms with Crippen LogP contribution in [-0.2, 0) is 14.3 Å². The summed E-state index contributed by atoms with van der Waals surface area (Å²) in [4.78, 5) is 11.8. The average molecular weight is 307 g/mol. The van der Waals surface area contributed by atoms with Gasteiger partial charge in [0.05, 0.1) is 19.8 Å². The minimum atomic E-state index is -0.554. The summed E-state index contributed by atoms with van der Waals surface area (Å²) in [6.45, 7) is 4.48. The van der Waals surface area contributed by atoms with E-state index >= 15 is 0 Å². The highest BCUT2D eigenvalue weighted by molar-refractivity contribution is 5.75. The zero-order valence-electron chi connectivity index (χ0n) is 13.2. The Bertz CT molecular complexity index is 443. The third kappa shape index (κ3) is 6.03. The maximum Gasteiger partial charge on any atom is 0.220 e. The Balaban J connectivity index is 1.52. The van der Waals surface area contributed by atoms with E-state index in [1.54, 1.807) is 0 Å². The highest BCUT2D eigenvalue weighted by Crippen LogP contribution is 2.21. The summed E-state index contributed by atoms with van der Waals surface area (Å²) in [6.07, 6.45) is 2.76. The molecular formula is C17H25NO4. The predicted molar refractivity (Wildman–Crippen MR) is 83.7 cm³/mol. The highest BCUT2D eigenvalue weighted by Gasteiger charge is 2.28. The van der Waals surface area contributed by atoms with Crippen molar-refractivity contribution in [3.63, 3.8) is 0 Å². The van der Waals surface area contributed by atoms with E-state index < -0.39 is 5.79 Å². The Morgan fingerprint density at radius 3 is 2.73 bits per heavy atom. The second-order valence-electron chi connectivity index (χ2n) is 5.55. The van der Waals surface area contributed by atoms with E-state index in [1.807, 2.05) is 37.3 Å². The van der Waals surface area contributed by atoms with Crippen molar-refractivity contribution in [1.82, 2.24) is 5.32 Å². The molecule has 1 fully saturated rings. The number of hydrogen-bond donors (Lipinski definition) is 1. The Morgan fingerprint density at radius 1 is 1.27 bits per heavy atom. The molecule has 5 heteroatoms. The topological polar surface area (TPSA) is 56.8 Å². The molecule has 1 aliphatic heterocycles. The van der Waals surface area contributed by atoms with Crippen molar-refractivity contribution in [2.45, 2.75) is 38.4 Å². The Labute approximate surface area is 131 Å². The van der Waals surface area contributed by atoms with Crippen molar-refractivity contribution in [2.75, 3.05) is 26.4 Å². The predicted octanol–water partition coefficient (Wildman–Crippen LogP) is 2.51. The van der Waals surface area contributed by atoms with Crippen LogP contribution >= 0.6 is 0 Å². The molecular weight excluding hydrogens is 282 g/mol. The maximum atomic E-state index is 11.8. The normalized spacial score (nSPS) is 17.0. The third-order valence-corrected chi connectivity index (χ3v) is 3.56. The zero-order chi connectivity index (χ0) is 15.7. The van der Waals surface area contributed by atoms with Crippen LogP contribution in [0.4, 0.5) is 0 Å². The first-order valence-electron chi connectivity index (χ1n) is 7.90. The molecule has 122 valence electrons. The van der Waals surface area contributed by atoms with Crippen LogP contribution in [0.3, 0.4) is 0 Å². The number of nitrogens with one attached hydrogen (secondary N) is 1. The van der Waals surface area contributed by atoms with Crippen LogP contribution in [0.5, 0.6) is 5.75 Å². The number of carbonyl (C=O) groups is 1. The summed E-state index contributed by atoms with van der Waals surface area (Å²) in [7, 11) is 0. The number of carbonyl (C=O) groups excluding carboxylic acids is 1. The molecule has 0 aromatic heterocycles. The van der Waals surface area contributed by atoms with Crippen LogP contribution in [0.2, 0.25) is 0 Å². The summed E-state index contributed by atoms with van der Waals surface area (Å²) >= 11 is 0. The van der Waals surface area contributed by atoms with E-state index in [4.69, 9.17) is 14.2 Å². The fourth-order valence-electron chi connectivity index (χ4n) is 2.28. The van der Waals surface area contributed by atoms with Gasteiger partial charge < -0.3 is 19.5 Å². The van der Waals surface area contributed by atoms with Gasteiger partial charge in [-0.15, -0.1) is 0 Å². The summed E-state index contributed by atoms with van der Waals surface area (Å²) in [5.74, 6) is 0.320. The van der Waals surface area contributed by atoms with Crippen LogP contribution in [-0.4, -0.2) is 38.1 Å². The number of para-hydroxylation sites is 1. The number of amides is 1. The molecule has 1 aromatic carbocycles. The first-order valence-corrected chi connectivity index (χ1v) is 7.90. The fourth-order valence-corrected chi connectivity index (χ4v) is 2.28. The summed E-state index contributed by atoms with van der Waals surface area (Å²) in [5.41, 5.74) is 0. The van der Waals surface area contributed by atoms with E-state index in [0.717, 1.165) is 25.4 Å². The summed E-state index contributed by atoms with van der Waals surface area (Å²) in [5, 5.41) is 2.90. The molecule has 1 aromatic rings. The summed E-state index contributed by atoms with van der Waals surface area (Å²) in [6, 6.07) is 9.62. The molecule has 0 spiro atoms. The van der Waals surface area contributed by atoms with Gasteiger partial charge in [0.25, 0.3) is 0 Å². The third-order valence-electron chi connectivity index (χ3n) is 3.56. The van der Waals surface area contributed by atoms with Crippen molar-refractivity contribution < 1.29 is 19.0 Å². The van der Waals surface area contributed by atoms with Crippen LogP contribution < -0.4 is 10.1 Å². The molecule has 1 N–H and O–H groups in total. The van der Waals surface area contributed by atoms with E-state index in [9.17, 15) is 4.79 Å². The monoisotopic (exact) mass is 307 g/mol. The van der Waals surface area contributed by atoms with Crippen molar-refractivity contribution in [3.05, 3.63) is 30.3 Å². The summed E-state index contributed by atoms with van der Waals surface area (Å²) < 4.78 is 16.8. The van der Waals surface area contributed by atoms with Crippen LogP contribution in [0, 0.1) is 0 Å². The Morgan fingerprint density at radius 2 is 2.00 bits per heavy atom. The lowest BCUT2D eigenvalue weighted by Crippen LogP contribution is -2.40. The van der Waals surface area contributed by atoms with Gasteiger partial charge in [0.2, 0.25) is 5.91 Å². The van der Waals surface area contributed by atoms with Crippen molar-refractivity contribution in [2.24, 2.45) is 0 Å². The average Bonchev–Trinajstić information content (AvgIpc) is 2.53. The fraction of sp³-hybridized carbons (Fsp3) is 0.588. The first-order chi connectivity index (χ1) is 10.7. The smallest absolute Gasteiger partial charge is 0.220 e. The standard InChI is InChI=1S/C17H25NO4/c1-17(21-13-6-14-22-17)10-11-18-16(19)9-5-12-20-15-7-3-2-4-8-15/h2-4,7-8H,5-6,9-14H2,1H3,(H,18,19). The number of hydrogen-bond acceptors (Lipinski definition) is 4. The molecule has 1 saturated heterocycles. The van der Waals surface area contributed by atoms with Crippen LogP contribution in [0.25, 0.3) is 0 Å². The van der Waals surface area contributed by atoms with Gasteiger partial charge >= 0.3 is 0 Å². The molecule has 1 aliphatic rings. The zero-order valence-corrected chi connectivity index (χ0v) is 13.2. The molecule has 2 rings (SSSR count). The molecule has 5 nitrogen and oxygen atoms in total. The van der Waals surface area contributed by atoms with Gasteiger partial charge in [-0.1, -0.05) is 18.2 Å². The largest absolute Gasteiger partial charge is 0.494 e. The molecule has 0 radical (unpaired) electrons. The number of benzene rings is 1. The van der Waals surface area contributed by atoms with E-state index in [2.05, 4.69) is 5.32 Å². The second-order valence-corrected chi connectivity index (χ2v) is 5.55. The second kappa shape index (κ2) is 8.76. The molecule has 0 unspecified atom stereocenters. The SMILES string of the molecule is CC1(CCNC(=O)CCCOc2ccccc2)OCCCO1. The molecule has 0 atom stereocenters. The molecule has 1 heterocycles. The van der Waals surface area contributed by atoms with Crippen LogP contribution in [0.1, 0.15) is 32.6 Å². The number of ether oxygens (including phenoxy) is 3. The quantitative estimate of drug-likeness (QED) is 0.750. The number of rotatable bonds is 8. The molecule has 22 heavy (non-hydrogen) atoms. The van der Waals surface area contributed by atoms with Crippen molar-refractivity contribution >= 4 is 5.91 Å². The van der Waals surface area contributed by atoms with Crippen molar-refractivity contribution in [1.29, 1.82) is 0 Å². The lowest BCUT2D eigenvalue weighted by Gasteiger charge is -2.33. The highest BCUT2D eigenvalue weighted by atomic mass is 16.7. The van der Waals surface area contributed by atoms with Gasteiger partial charge in [-0.3, -0.25) is 4.79 Å². The molecule has 1 amide bonds. The lowest BCUT2D eigenvalue weighted by molar-refractivity contribution is -0.257. The van der Waals surface area contributed by atoms with Gasteiger partial charge in [0, 0.05) is 19.4 Å². The van der Waals surface area contributed by atoms with E-state index in [1.165, 1.54) is 0 Å². The van der Waals surface area contributed by atoms with Gasteiger partial charge in [-0.25, -0.2) is 0 Å². The van der Waals surface area contributed by atoms with Crippen LogP contribution in [0.15, 0.2) is 30.3 Å². The van der Waals surface area contributed by atoms with Gasteiger partial charge in [-0.05, 0) is 31.9 Å². The molecule has 0 aliphatic carbocycles. The van der Waals surface area contributed by atoms with Gasteiger partial charge in [0.15, 0.2) is 5.79 Å².